The molecule has 3 aromatic rings. The summed E-state index contributed by atoms with van der Waals surface area (Å²) in [4.78, 5) is 25.2. The Balaban J connectivity index is 1.34. The van der Waals surface area contributed by atoms with Crippen LogP contribution in [0.25, 0.3) is 6.08 Å². The van der Waals surface area contributed by atoms with Crippen LogP contribution in [0.3, 0.4) is 0 Å². The van der Waals surface area contributed by atoms with Crippen molar-refractivity contribution in [2.75, 3.05) is 13.4 Å². The van der Waals surface area contributed by atoms with Crippen LogP contribution in [0, 0.1) is 6.92 Å². The van der Waals surface area contributed by atoms with Gasteiger partial charge in [0.25, 0.3) is 0 Å². The quantitative estimate of drug-likeness (QED) is 0.352. The first kappa shape index (κ1) is 20.3. The Bertz CT molecular complexity index is 1280. The van der Waals surface area contributed by atoms with E-state index in [0.717, 1.165) is 10.0 Å². The fourth-order valence-corrected chi connectivity index (χ4v) is 3.81. The Labute approximate surface area is 192 Å². The molecule has 0 radical (unpaired) electrons. The number of Topliss-reactive ketones (excluding diaryl/α,β-unsaturated/α-hetero) is 2. The van der Waals surface area contributed by atoms with Crippen molar-refractivity contribution >= 4 is 33.6 Å². The van der Waals surface area contributed by atoms with E-state index in [1.54, 1.807) is 61.5 Å². The highest BCUT2D eigenvalue weighted by atomic mass is 79.9. The molecule has 0 fully saturated rings. The van der Waals surface area contributed by atoms with Crippen molar-refractivity contribution in [1.82, 2.24) is 0 Å². The number of allylic oxidation sites excluding steroid dienone is 1. The maximum Gasteiger partial charge on any atom is 0.231 e. The molecule has 2 heterocycles. The molecule has 0 saturated heterocycles. The van der Waals surface area contributed by atoms with Crippen LogP contribution in [0.5, 0.6) is 23.0 Å². The molecular formula is C25H17BrO6. The molecule has 0 aliphatic carbocycles. The number of carbonyl (C=O) groups is 2. The van der Waals surface area contributed by atoms with Gasteiger partial charge in [-0.1, -0.05) is 34.1 Å². The number of ketones is 2. The fraction of sp³-hybridized carbons (Fsp3) is 0.120. The number of halogens is 1. The maximum atomic E-state index is 12.8. The number of rotatable bonds is 5. The molecule has 6 nitrogen and oxygen atoms in total. The van der Waals surface area contributed by atoms with Gasteiger partial charge in [0.15, 0.2) is 29.6 Å². The van der Waals surface area contributed by atoms with Crippen molar-refractivity contribution in [2.45, 2.75) is 6.92 Å². The Kier molecular flexibility index (Phi) is 5.19. The van der Waals surface area contributed by atoms with Crippen LogP contribution in [-0.2, 0) is 0 Å². The van der Waals surface area contributed by atoms with Crippen molar-refractivity contribution in [2.24, 2.45) is 0 Å². The van der Waals surface area contributed by atoms with Gasteiger partial charge < -0.3 is 18.9 Å². The number of hydrogen-bond donors (Lipinski definition) is 0. The molecular weight excluding hydrogens is 476 g/mol. The van der Waals surface area contributed by atoms with Gasteiger partial charge in [-0.3, -0.25) is 9.59 Å². The second kappa shape index (κ2) is 8.16. The highest BCUT2D eigenvalue weighted by Crippen LogP contribution is 2.40. The summed E-state index contributed by atoms with van der Waals surface area (Å²) in [7, 11) is 0. The Morgan fingerprint density at radius 3 is 2.66 bits per heavy atom. The third-order valence-electron chi connectivity index (χ3n) is 5.26. The molecule has 7 heteroatoms. The highest BCUT2D eigenvalue weighted by molar-refractivity contribution is 9.10. The molecule has 0 amide bonds. The van der Waals surface area contributed by atoms with Gasteiger partial charge in [0.05, 0.1) is 5.56 Å². The zero-order valence-corrected chi connectivity index (χ0v) is 18.6. The molecule has 0 aromatic heterocycles. The summed E-state index contributed by atoms with van der Waals surface area (Å²) >= 11 is 3.35. The number of benzene rings is 3. The lowest BCUT2D eigenvalue weighted by Crippen LogP contribution is -2.12. The first-order valence-electron chi connectivity index (χ1n) is 9.88. The van der Waals surface area contributed by atoms with E-state index in [9.17, 15) is 9.59 Å². The molecule has 0 bridgehead atoms. The standard InChI is InChI=1S/C25H17BrO6/c1-14-20(29-12-19(27)16-3-5-17(26)6-4-16)9-7-18-24(28)23(32-25(14)18)11-15-2-8-21-22(10-15)31-13-30-21/h2-11H,12-13H2,1H3/b23-11-. The molecule has 0 atom stereocenters. The van der Waals surface area contributed by atoms with Crippen LogP contribution >= 0.6 is 15.9 Å². The predicted octanol–water partition coefficient (Wildman–Crippen LogP) is 5.36. The van der Waals surface area contributed by atoms with Gasteiger partial charge in [0.1, 0.15) is 11.5 Å². The lowest BCUT2D eigenvalue weighted by molar-refractivity contribution is 0.0920. The summed E-state index contributed by atoms with van der Waals surface area (Å²) in [5.74, 6) is 2.09. The minimum Gasteiger partial charge on any atom is -0.485 e. The number of fused-ring (bicyclic) bond motifs is 2. The van der Waals surface area contributed by atoms with Gasteiger partial charge in [-0.2, -0.15) is 0 Å². The van der Waals surface area contributed by atoms with E-state index in [-0.39, 0.29) is 30.7 Å². The molecule has 0 N–H and O–H groups in total. The molecule has 3 aromatic carbocycles. The van der Waals surface area contributed by atoms with Crippen LogP contribution in [-0.4, -0.2) is 25.0 Å². The van der Waals surface area contributed by atoms with Crippen LogP contribution in [0.1, 0.15) is 31.8 Å². The van der Waals surface area contributed by atoms with Crippen molar-refractivity contribution < 1.29 is 28.5 Å². The summed E-state index contributed by atoms with van der Waals surface area (Å²) in [5, 5.41) is 0. The van der Waals surface area contributed by atoms with E-state index in [1.807, 2.05) is 6.07 Å². The molecule has 2 aliphatic heterocycles. The zero-order valence-electron chi connectivity index (χ0n) is 17.0. The van der Waals surface area contributed by atoms with Gasteiger partial charge in [0, 0.05) is 15.6 Å². The van der Waals surface area contributed by atoms with Gasteiger partial charge in [0.2, 0.25) is 12.6 Å². The van der Waals surface area contributed by atoms with Gasteiger partial charge in [-0.05, 0) is 55.0 Å². The van der Waals surface area contributed by atoms with Crippen molar-refractivity contribution in [1.29, 1.82) is 0 Å². The second-order valence-corrected chi connectivity index (χ2v) is 8.25. The third-order valence-corrected chi connectivity index (χ3v) is 5.78. The normalized spacial score (nSPS) is 14.9. The Hall–Kier alpha value is -3.58. The molecule has 0 saturated carbocycles. The van der Waals surface area contributed by atoms with E-state index in [4.69, 9.17) is 18.9 Å². The summed E-state index contributed by atoms with van der Waals surface area (Å²) in [6.07, 6.45) is 1.67. The fourth-order valence-electron chi connectivity index (χ4n) is 3.54. The molecule has 5 rings (SSSR count). The predicted molar refractivity (Wildman–Crippen MR) is 121 cm³/mol. The van der Waals surface area contributed by atoms with Crippen LogP contribution in [0.2, 0.25) is 0 Å². The number of carbonyl (C=O) groups excluding carboxylic acids is 2. The zero-order chi connectivity index (χ0) is 22.2. The highest BCUT2D eigenvalue weighted by Gasteiger charge is 2.30. The summed E-state index contributed by atoms with van der Waals surface area (Å²) in [6, 6.07) is 15.8. The number of hydrogen-bond acceptors (Lipinski definition) is 6. The minimum atomic E-state index is -0.210. The topological polar surface area (TPSA) is 71.1 Å². The van der Waals surface area contributed by atoms with Crippen LogP contribution in [0.15, 0.2) is 64.8 Å². The number of ether oxygens (including phenoxy) is 4. The summed E-state index contributed by atoms with van der Waals surface area (Å²) in [6.45, 7) is 1.87. The largest absolute Gasteiger partial charge is 0.485 e. The smallest absolute Gasteiger partial charge is 0.231 e. The van der Waals surface area contributed by atoms with Gasteiger partial charge in [-0.25, -0.2) is 0 Å². The minimum absolute atomic E-state index is 0.116. The van der Waals surface area contributed by atoms with Crippen molar-refractivity contribution in [3.63, 3.8) is 0 Å². The van der Waals surface area contributed by atoms with Crippen molar-refractivity contribution in [3.05, 3.63) is 87.1 Å². The van der Waals surface area contributed by atoms with E-state index in [1.165, 1.54) is 0 Å². The molecule has 0 spiro atoms. The molecule has 0 unspecified atom stereocenters. The third kappa shape index (κ3) is 3.76. The molecule has 160 valence electrons. The van der Waals surface area contributed by atoms with E-state index >= 15 is 0 Å². The van der Waals surface area contributed by atoms with Gasteiger partial charge in [-0.15, -0.1) is 0 Å². The van der Waals surface area contributed by atoms with Crippen LogP contribution in [0.4, 0.5) is 0 Å². The average molecular weight is 493 g/mol. The molecule has 32 heavy (non-hydrogen) atoms. The Morgan fingerprint density at radius 2 is 1.84 bits per heavy atom. The lowest BCUT2D eigenvalue weighted by Gasteiger charge is -2.11. The van der Waals surface area contributed by atoms with E-state index < -0.39 is 0 Å². The lowest BCUT2D eigenvalue weighted by atomic mass is 10.1. The second-order valence-electron chi connectivity index (χ2n) is 7.34. The Morgan fingerprint density at radius 1 is 1.06 bits per heavy atom. The summed E-state index contributed by atoms with van der Waals surface area (Å²) < 4.78 is 23.2. The average Bonchev–Trinajstić information content (AvgIpc) is 3.38. The first-order valence-corrected chi connectivity index (χ1v) is 10.7. The van der Waals surface area contributed by atoms with Crippen LogP contribution < -0.4 is 18.9 Å². The van der Waals surface area contributed by atoms with E-state index in [2.05, 4.69) is 15.9 Å². The SMILES string of the molecule is Cc1c(OCC(=O)c2ccc(Br)cc2)ccc2c1O/C(=C\c1ccc3c(c1)OCO3)C2=O. The maximum absolute atomic E-state index is 12.8. The summed E-state index contributed by atoms with van der Waals surface area (Å²) in [5.41, 5.74) is 2.45. The van der Waals surface area contributed by atoms with Crippen molar-refractivity contribution in [3.8, 4) is 23.0 Å². The first-order chi connectivity index (χ1) is 15.5. The molecule has 2 aliphatic rings. The van der Waals surface area contributed by atoms with E-state index in [0.29, 0.717) is 39.7 Å². The monoisotopic (exact) mass is 492 g/mol. The van der Waals surface area contributed by atoms with Gasteiger partial charge >= 0.3 is 0 Å².